The Morgan fingerprint density at radius 3 is 2.50 bits per heavy atom. The van der Waals surface area contributed by atoms with Crippen molar-refractivity contribution in [3.05, 3.63) is 31.6 Å². The molecule has 0 amide bonds. The molecule has 1 aliphatic heterocycles. The molecule has 1 fully saturated rings. The van der Waals surface area contributed by atoms with Crippen molar-refractivity contribution in [1.82, 2.24) is 9.55 Å². The van der Waals surface area contributed by atoms with Crippen LogP contribution in [0.2, 0.25) is 5.15 Å². The quantitative estimate of drug-likeness (QED) is 0.850. The van der Waals surface area contributed by atoms with E-state index in [1.807, 2.05) is 25.6 Å². The molecule has 1 N–H and O–H groups in total. The van der Waals surface area contributed by atoms with Crippen molar-refractivity contribution in [2.45, 2.75) is 38.6 Å². The number of aromatic nitrogens is 2. The first kappa shape index (κ1) is 13.7. The van der Waals surface area contributed by atoms with Crippen molar-refractivity contribution >= 4 is 23.4 Å². The summed E-state index contributed by atoms with van der Waals surface area (Å²) in [5, 5.41) is 0.182. The molecule has 1 aromatic rings. The van der Waals surface area contributed by atoms with Crippen LogP contribution in [0.25, 0.3) is 0 Å². The summed E-state index contributed by atoms with van der Waals surface area (Å²) in [6.45, 7) is 3.81. The number of nitrogens with one attached hydrogen (secondary N) is 1. The molecule has 18 heavy (non-hydrogen) atoms. The van der Waals surface area contributed by atoms with E-state index in [1.165, 1.54) is 4.57 Å². The molecule has 0 unspecified atom stereocenters. The molecule has 1 aliphatic rings. The van der Waals surface area contributed by atoms with Gasteiger partial charge in [0.2, 0.25) is 0 Å². The van der Waals surface area contributed by atoms with Crippen LogP contribution >= 0.6 is 23.4 Å². The molecule has 1 aromatic heterocycles. The molecule has 1 saturated heterocycles. The third-order valence-corrected chi connectivity index (χ3v) is 4.60. The lowest BCUT2D eigenvalue weighted by Gasteiger charge is -2.23. The number of nitrogens with zero attached hydrogens (tertiary/aromatic N) is 1. The minimum absolute atomic E-state index is 0.00562. The molecule has 0 atom stereocenters. The Kier molecular flexibility index (Phi) is 4.22. The van der Waals surface area contributed by atoms with E-state index < -0.39 is 0 Å². The van der Waals surface area contributed by atoms with E-state index in [-0.39, 0.29) is 28.4 Å². The van der Waals surface area contributed by atoms with Gasteiger partial charge in [-0.3, -0.25) is 14.3 Å². The summed E-state index contributed by atoms with van der Waals surface area (Å²) in [5.41, 5.74) is -0.101. The van der Waals surface area contributed by atoms with Gasteiger partial charge in [0, 0.05) is 6.04 Å². The molecular formula is C12H17ClN2O2S. The predicted octanol–water partition coefficient (Wildman–Crippen LogP) is 2.38. The fraction of sp³-hybridized carbons (Fsp3) is 0.667. The van der Waals surface area contributed by atoms with Gasteiger partial charge in [-0.15, -0.1) is 0 Å². The van der Waals surface area contributed by atoms with Gasteiger partial charge in [0.15, 0.2) is 0 Å². The molecule has 2 heterocycles. The lowest BCUT2D eigenvalue weighted by atomic mass is 10.1. The van der Waals surface area contributed by atoms with Crippen LogP contribution in [0.1, 0.15) is 44.2 Å². The fourth-order valence-corrected chi connectivity index (χ4v) is 3.77. The van der Waals surface area contributed by atoms with Crippen LogP contribution in [0.15, 0.2) is 9.59 Å². The highest BCUT2D eigenvalue weighted by molar-refractivity contribution is 7.99. The summed E-state index contributed by atoms with van der Waals surface area (Å²) in [6, 6.07) is 0.0114. The zero-order chi connectivity index (χ0) is 13.3. The van der Waals surface area contributed by atoms with Gasteiger partial charge in [-0.1, -0.05) is 25.4 Å². The zero-order valence-corrected chi connectivity index (χ0v) is 12.1. The first-order valence-corrected chi connectivity index (χ1v) is 7.67. The molecule has 100 valence electrons. The first-order valence-electron chi connectivity index (χ1n) is 6.14. The summed E-state index contributed by atoms with van der Waals surface area (Å²) in [7, 11) is 0. The molecule has 0 saturated carbocycles. The molecule has 0 aromatic carbocycles. The second-order valence-corrected chi connectivity index (χ2v) is 6.43. The lowest BCUT2D eigenvalue weighted by Crippen LogP contribution is -2.41. The highest BCUT2D eigenvalue weighted by atomic mass is 35.5. The van der Waals surface area contributed by atoms with Gasteiger partial charge < -0.3 is 0 Å². The normalized spacial score (nSPS) is 17.3. The predicted molar refractivity (Wildman–Crippen MR) is 76.0 cm³/mol. The third kappa shape index (κ3) is 2.52. The van der Waals surface area contributed by atoms with Gasteiger partial charge in [0.05, 0.1) is 5.56 Å². The minimum atomic E-state index is -0.383. The molecule has 0 aliphatic carbocycles. The summed E-state index contributed by atoms with van der Waals surface area (Å²) >= 11 is 7.83. The van der Waals surface area contributed by atoms with Crippen LogP contribution in [0.4, 0.5) is 0 Å². The van der Waals surface area contributed by atoms with Crippen LogP contribution < -0.4 is 11.2 Å². The standard InChI is InChI=1S/C12H17ClN2O2S/c1-7(2)9-10(13)14-12(17)15(11(9)16)8-3-5-18-6-4-8/h7-8H,3-6H2,1-2H3,(H,14,17). The van der Waals surface area contributed by atoms with Crippen molar-refractivity contribution in [1.29, 1.82) is 0 Å². The zero-order valence-electron chi connectivity index (χ0n) is 10.5. The van der Waals surface area contributed by atoms with Crippen molar-refractivity contribution < 1.29 is 0 Å². The largest absolute Gasteiger partial charge is 0.329 e. The summed E-state index contributed by atoms with van der Waals surface area (Å²) in [6.07, 6.45) is 1.74. The van der Waals surface area contributed by atoms with E-state index in [9.17, 15) is 9.59 Å². The summed E-state index contributed by atoms with van der Waals surface area (Å²) in [5.74, 6) is 2.00. The number of aromatic amines is 1. The van der Waals surface area contributed by atoms with Gasteiger partial charge in [-0.25, -0.2) is 4.79 Å². The second kappa shape index (κ2) is 5.53. The van der Waals surface area contributed by atoms with Crippen LogP contribution in [0.5, 0.6) is 0 Å². The van der Waals surface area contributed by atoms with E-state index in [0.717, 1.165) is 24.3 Å². The highest BCUT2D eigenvalue weighted by Crippen LogP contribution is 2.25. The smallest absolute Gasteiger partial charge is 0.297 e. The van der Waals surface area contributed by atoms with Gasteiger partial charge >= 0.3 is 5.69 Å². The number of halogens is 1. The van der Waals surface area contributed by atoms with E-state index >= 15 is 0 Å². The SMILES string of the molecule is CC(C)c1c(Cl)[nH]c(=O)n(C2CCSCC2)c1=O. The monoisotopic (exact) mass is 288 g/mol. The molecule has 0 spiro atoms. The van der Waals surface area contributed by atoms with Crippen molar-refractivity contribution in [2.24, 2.45) is 0 Å². The van der Waals surface area contributed by atoms with Crippen LogP contribution in [0, 0.1) is 0 Å². The van der Waals surface area contributed by atoms with Crippen LogP contribution in [-0.2, 0) is 0 Å². The van der Waals surface area contributed by atoms with Gasteiger partial charge in [-0.2, -0.15) is 11.8 Å². The Bertz CT molecular complexity index is 544. The van der Waals surface area contributed by atoms with Crippen molar-refractivity contribution in [2.75, 3.05) is 11.5 Å². The summed E-state index contributed by atoms with van der Waals surface area (Å²) in [4.78, 5) is 26.9. The van der Waals surface area contributed by atoms with Crippen LogP contribution in [-0.4, -0.2) is 21.1 Å². The van der Waals surface area contributed by atoms with E-state index in [2.05, 4.69) is 4.98 Å². The van der Waals surface area contributed by atoms with Crippen LogP contribution in [0.3, 0.4) is 0 Å². The van der Waals surface area contributed by atoms with Crippen molar-refractivity contribution in [3.8, 4) is 0 Å². The number of H-pyrrole nitrogens is 1. The number of thioether (sulfide) groups is 1. The fourth-order valence-electron chi connectivity index (χ4n) is 2.31. The molecule has 2 rings (SSSR count). The Morgan fingerprint density at radius 2 is 1.94 bits per heavy atom. The summed E-state index contributed by atoms with van der Waals surface area (Å²) < 4.78 is 1.36. The second-order valence-electron chi connectivity index (χ2n) is 4.83. The van der Waals surface area contributed by atoms with Gasteiger partial charge in [0.1, 0.15) is 5.15 Å². The Hall–Kier alpha value is -0.680. The van der Waals surface area contributed by atoms with E-state index in [4.69, 9.17) is 11.6 Å². The van der Waals surface area contributed by atoms with E-state index in [0.29, 0.717) is 5.56 Å². The minimum Gasteiger partial charge on any atom is -0.297 e. The average molecular weight is 289 g/mol. The molecular weight excluding hydrogens is 272 g/mol. The topological polar surface area (TPSA) is 54.9 Å². The van der Waals surface area contributed by atoms with E-state index in [1.54, 1.807) is 0 Å². The highest BCUT2D eigenvalue weighted by Gasteiger charge is 2.23. The van der Waals surface area contributed by atoms with Crippen molar-refractivity contribution in [3.63, 3.8) is 0 Å². The Morgan fingerprint density at radius 1 is 1.33 bits per heavy atom. The molecule has 6 heteroatoms. The molecule has 0 bridgehead atoms. The Balaban J connectivity index is 2.56. The van der Waals surface area contributed by atoms with Gasteiger partial charge in [-0.05, 0) is 30.3 Å². The molecule has 4 nitrogen and oxygen atoms in total. The Labute approximate surface area is 115 Å². The van der Waals surface area contributed by atoms with Gasteiger partial charge in [0.25, 0.3) is 5.56 Å². The number of rotatable bonds is 2. The number of hydrogen-bond donors (Lipinski definition) is 1. The third-order valence-electron chi connectivity index (χ3n) is 3.25. The maximum atomic E-state index is 12.4. The average Bonchev–Trinajstić information content (AvgIpc) is 2.28. The molecule has 0 radical (unpaired) electrons. The number of hydrogen-bond acceptors (Lipinski definition) is 3. The maximum absolute atomic E-state index is 12.4. The first-order chi connectivity index (χ1) is 8.52. The maximum Gasteiger partial charge on any atom is 0.329 e. The lowest BCUT2D eigenvalue weighted by molar-refractivity contribution is 0.433.